The number of urea groups is 1. The van der Waals surface area contributed by atoms with Crippen molar-refractivity contribution in [3.63, 3.8) is 0 Å². The van der Waals surface area contributed by atoms with Gasteiger partial charge in [0, 0.05) is 40.9 Å². The highest BCUT2D eigenvalue weighted by Gasteiger charge is 2.24. The van der Waals surface area contributed by atoms with Crippen LogP contribution >= 0.6 is 0 Å². The summed E-state index contributed by atoms with van der Waals surface area (Å²) in [5, 5.41) is 20.6. The van der Waals surface area contributed by atoms with Crippen molar-refractivity contribution in [1.82, 2.24) is 29.9 Å². The van der Waals surface area contributed by atoms with Gasteiger partial charge in [0.25, 0.3) is 0 Å². The minimum atomic E-state index is -0.632. The Balaban J connectivity index is 1.12. The summed E-state index contributed by atoms with van der Waals surface area (Å²) < 4.78 is 7.99. The molecule has 0 aliphatic carbocycles. The van der Waals surface area contributed by atoms with Gasteiger partial charge in [-0.05, 0) is 69.2 Å². The van der Waals surface area contributed by atoms with Gasteiger partial charge in [-0.25, -0.2) is 14.5 Å². The van der Waals surface area contributed by atoms with Crippen LogP contribution in [-0.4, -0.2) is 36.0 Å². The van der Waals surface area contributed by atoms with Crippen LogP contribution in [0.5, 0.6) is 11.6 Å². The van der Waals surface area contributed by atoms with Crippen molar-refractivity contribution in [3.8, 4) is 29.7 Å². The summed E-state index contributed by atoms with van der Waals surface area (Å²) >= 11 is 0. The van der Waals surface area contributed by atoms with E-state index in [9.17, 15) is 4.79 Å². The topological polar surface area (TPSA) is 123 Å². The highest BCUT2D eigenvalue weighted by molar-refractivity contribution is 6.07. The van der Waals surface area contributed by atoms with E-state index in [0.29, 0.717) is 41.1 Å². The van der Waals surface area contributed by atoms with Crippen LogP contribution in [0.15, 0.2) is 97.3 Å². The second-order valence-corrected chi connectivity index (χ2v) is 12.5. The number of H-pyrrole nitrogens is 1. The second-order valence-electron chi connectivity index (χ2n) is 12.5. The molecule has 4 aromatic carbocycles. The number of hydrogen-bond acceptors (Lipinski definition) is 6. The third kappa shape index (κ3) is 6.42. The van der Waals surface area contributed by atoms with E-state index in [0.717, 1.165) is 44.1 Å². The van der Waals surface area contributed by atoms with Crippen LogP contribution in [0.2, 0.25) is 0 Å². The van der Waals surface area contributed by atoms with Gasteiger partial charge in [0.05, 0.1) is 34.2 Å². The van der Waals surface area contributed by atoms with Crippen LogP contribution in [0.3, 0.4) is 0 Å². The second kappa shape index (κ2) is 12.6. The quantitative estimate of drug-likeness (QED) is 0.143. The van der Waals surface area contributed by atoms with Gasteiger partial charge in [0.1, 0.15) is 17.4 Å². The lowest BCUT2D eigenvalue weighted by molar-refractivity contribution is 0.262. The highest BCUT2D eigenvalue weighted by Crippen LogP contribution is 2.34. The number of aromatic nitrogens is 6. The van der Waals surface area contributed by atoms with Crippen molar-refractivity contribution in [2.24, 2.45) is 0 Å². The van der Waals surface area contributed by atoms with Crippen LogP contribution in [0.25, 0.3) is 27.4 Å². The molecule has 2 amide bonds. The Labute approximate surface area is 283 Å². The van der Waals surface area contributed by atoms with Crippen molar-refractivity contribution in [2.45, 2.75) is 39.5 Å². The van der Waals surface area contributed by atoms with Gasteiger partial charge in [-0.15, -0.1) is 6.42 Å². The van der Waals surface area contributed by atoms with Gasteiger partial charge in [0.2, 0.25) is 5.88 Å². The summed E-state index contributed by atoms with van der Waals surface area (Å²) in [6, 6.07) is 26.5. The molecule has 0 aliphatic heterocycles. The molecule has 0 saturated heterocycles. The molecule has 0 spiro atoms. The summed E-state index contributed by atoms with van der Waals surface area (Å²) in [7, 11) is 0. The van der Waals surface area contributed by atoms with Crippen molar-refractivity contribution in [1.29, 1.82) is 0 Å². The molecule has 7 rings (SSSR count). The van der Waals surface area contributed by atoms with Crippen LogP contribution in [-0.2, 0) is 11.8 Å². The summed E-state index contributed by atoms with van der Waals surface area (Å²) in [6.45, 7) is 7.90. The minimum Gasteiger partial charge on any atom is -0.438 e. The number of fused-ring (bicyclic) bond motifs is 2. The first kappa shape index (κ1) is 31.1. The fraction of sp³-hybridized carbons (Fsp3) is 0.154. The molecule has 0 bridgehead atoms. The molecule has 49 heavy (non-hydrogen) atoms. The summed E-state index contributed by atoms with van der Waals surface area (Å²) in [5.74, 6) is 4.93. The number of rotatable bonds is 8. The van der Waals surface area contributed by atoms with Gasteiger partial charge < -0.3 is 10.1 Å². The lowest BCUT2D eigenvalue weighted by atomic mass is 9.91. The van der Waals surface area contributed by atoms with Gasteiger partial charge in [-0.1, -0.05) is 53.9 Å². The molecule has 0 aliphatic rings. The van der Waals surface area contributed by atoms with Gasteiger partial charge >= 0.3 is 6.03 Å². The van der Waals surface area contributed by atoms with Crippen LogP contribution in [0, 0.1) is 26.2 Å². The number of amides is 2. The number of hydrogen-bond donors (Lipinski definition) is 3. The molecule has 10 nitrogen and oxygen atoms in total. The lowest BCUT2D eigenvalue weighted by Gasteiger charge is -2.14. The molecule has 0 fully saturated rings. The largest absolute Gasteiger partial charge is 0.438 e. The van der Waals surface area contributed by atoms with E-state index >= 15 is 0 Å². The zero-order chi connectivity index (χ0) is 34.1. The molecular weight excluding hydrogens is 612 g/mol. The molecule has 242 valence electrons. The molecule has 0 saturated carbocycles. The zero-order valence-electron chi connectivity index (χ0n) is 27.6. The fourth-order valence-corrected chi connectivity index (χ4v) is 5.70. The van der Waals surface area contributed by atoms with Gasteiger partial charge in [0.15, 0.2) is 0 Å². The average Bonchev–Trinajstić information content (AvgIpc) is 3.75. The van der Waals surface area contributed by atoms with Crippen LogP contribution < -0.4 is 15.4 Å². The first-order valence-electron chi connectivity index (χ1n) is 15.8. The smallest absolute Gasteiger partial charge is 0.324 e. The Morgan fingerprint density at radius 2 is 1.78 bits per heavy atom. The van der Waals surface area contributed by atoms with Crippen LogP contribution in [0.1, 0.15) is 42.1 Å². The van der Waals surface area contributed by atoms with E-state index in [4.69, 9.17) is 21.2 Å². The predicted molar refractivity (Wildman–Crippen MR) is 192 cm³/mol. The molecule has 7 aromatic rings. The minimum absolute atomic E-state index is 0.421. The first-order valence-corrected chi connectivity index (χ1v) is 15.8. The molecule has 3 heterocycles. The number of carbonyl (C=O) groups is 1. The maximum atomic E-state index is 13.5. The van der Waals surface area contributed by atoms with Gasteiger partial charge in [-0.2, -0.15) is 15.2 Å². The Morgan fingerprint density at radius 3 is 2.57 bits per heavy atom. The van der Waals surface area contributed by atoms with Crippen molar-refractivity contribution in [2.75, 3.05) is 10.6 Å². The zero-order valence-corrected chi connectivity index (χ0v) is 27.6. The highest BCUT2D eigenvalue weighted by atomic mass is 16.5. The number of carbonyl (C=O) groups excluding carboxylic acids is 1. The number of aryl methyl sites for hydroxylation is 2. The molecular formula is C39H34N8O2. The Hall–Kier alpha value is -6.47. The number of anilines is 2. The number of aromatic amines is 1. The number of ether oxygens (including phenoxy) is 1. The number of benzene rings is 4. The van der Waals surface area contributed by atoms with Gasteiger partial charge in [-0.3, -0.25) is 10.4 Å². The Kier molecular flexibility index (Phi) is 8.02. The van der Waals surface area contributed by atoms with E-state index in [-0.39, 0.29) is 0 Å². The van der Waals surface area contributed by atoms with E-state index in [1.807, 2.05) is 87.6 Å². The summed E-state index contributed by atoms with van der Waals surface area (Å²) in [6.07, 6.45) is 9.87. The third-order valence-electron chi connectivity index (χ3n) is 8.43. The molecule has 0 unspecified atom stereocenters. The molecule has 3 N–H and O–H groups in total. The Bertz CT molecular complexity index is 2380. The summed E-state index contributed by atoms with van der Waals surface area (Å²) in [5.41, 5.74) is 5.78. The first-order chi connectivity index (χ1) is 23.7. The maximum Gasteiger partial charge on any atom is 0.324 e. The van der Waals surface area contributed by atoms with E-state index < -0.39 is 11.4 Å². The Morgan fingerprint density at radius 1 is 0.980 bits per heavy atom. The van der Waals surface area contributed by atoms with E-state index in [1.54, 1.807) is 23.0 Å². The van der Waals surface area contributed by atoms with Crippen molar-refractivity contribution < 1.29 is 9.53 Å². The standard InChI is InChI=1S/C39H34N8O2/c1-6-39(4,5)33-22-35(47(46-33)28-13-11-24(2)12-14-28)44-38(48)42-31-15-16-32(30-10-8-7-9-29(30)31)49-36-17-18-40-34(43-36)21-26-19-25(3)37-27(20-26)23-41-45-37/h1,7-20,22-23H,21H2,2-5H3,(H,41,45)(H2,42,44,48). The monoisotopic (exact) mass is 646 g/mol. The maximum absolute atomic E-state index is 13.5. The van der Waals surface area contributed by atoms with E-state index in [1.165, 1.54) is 0 Å². The fourth-order valence-electron chi connectivity index (χ4n) is 5.70. The molecule has 0 radical (unpaired) electrons. The average molecular weight is 647 g/mol. The predicted octanol–water partition coefficient (Wildman–Crippen LogP) is 8.25. The molecule has 0 atom stereocenters. The summed E-state index contributed by atoms with van der Waals surface area (Å²) in [4.78, 5) is 22.6. The van der Waals surface area contributed by atoms with E-state index in [2.05, 4.69) is 50.8 Å². The molecule has 3 aromatic heterocycles. The normalized spacial score (nSPS) is 11.4. The molecule has 10 heteroatoms. The van der Waals surface area contributed by atoms with Crippen molar-refractivity contribution >= 4 is 39.2 Å². The number of nitrogens with one attached hydrogen (secondary N) is 3. The third-order valence-corrected chi connectivity index (χ3v) is 8.43. The lowest BCUT2D eigenvalue weighted by Crippen LogP contribution is -2.21. The van der Waals surface area contributed by atoms with Crippen molar-refractivity contribution in [3.05, 3.63) is 126 Å². The number of nitrogens with zero attached hydrogens (tertiary/aromatic N) is 5. The van der Waals surface area contributed by atoms with Crippen LogP contribution in [0.4, 0.5) is 16.3 Å². The number of terminal acetylenes is 1. The SMILES string of the molecule is C#CC(C)(C)c1cc(NC(=O)Nc2ccc(Oc3ccnc(Cc4cc(C)c5[nH]ncc5c4)n3)c3ccccc23)n(-c2ccc(C)cc2)n1.